The molecule has 7 nitrogen and oxygen atoms in total. The Labute approximate surface area is 189 Å². The van der Waals surface area contributed by atoms with Gasteiger partial charge in [0.05, 0.1) is 35.1 Å². The summed E-state index contributed by atoms with van der Waals surface area (Å²) in [6.07, 6.45) is 4.86. The maximum Gasteiger partial charge on any atom is 0.338 e. The average Bonchev–Trinajstić information content (AvgIpc) is 3.07. The number of fused-ring (bicyclic) bond motifs is 1. The Kier molecular flexibility index (Phi) is 6.05. The van der Waals surface area contributed by atoms with Crippen molar-refractivity contribution in [2.75, 3.05) is 7.11 Å². The molecule has 0 aliphatic carbocycles. The maximum absolute atomic E-state index is 13.5. The summed E-state index contributed by atoms with van der Waals surface area (Å²) >= 11 is 1.28. The van der Waals surface area contributed by atoms with Gasteiger partial charge in [-0.3, -0.25) is 14.3 Å². The molecule has 1 aliphatic rings. The van der Waals surface area contributed by atoms with Gasteiger partial charge in [0.15, 0.2) is 4.80 Å². The van der Waals surface area contributed by atoms with E-state index >= 15 is 0 Å². The molecule has 1 aliphatic heterocycles. The lowest BCUT2D eigenvalue weighted by atomic mass is 9.96. The number of methoxy groups -OCH3 is 1. The molecule has 0 bridgehead atoms. The predicted molar refractivity (Wildman–Crippen MR) is 122 cm³/mol. The summed E-state index contributed by atoms with van der Waals surface area (Å²) in [7, 11) is 1.59. The van der Waals surface area contributed by atoms with Crippen molar-refractivity contribution in [3.63, 3.8) is 0 Å². The molecule has 164 valence electrons. The lowest BCUT2D eigenvalue weighted by Gasteiger charge is -2.25. The van der Waals surface area contributed by atoms with Gasteiger partial charge in [0.1, 0.15) is 5.75 Å². The zero-order valence-corrected chi connectivity index (χ0v) is 19.1. The lowest BCUT2D eigenvalue weighted by molar-refractivity contribution is -0.143. The quantitative estimate of drug-likeness (QED) is 0.559. The van der Waals surface area contributed by atoms with Crippen LogP contribution in [0, 0.1) is 0 Å². The van der Waals surface area contributed by atoms with Crippen molar-refractivity contribution in [2.45, 2.75) is 32.9 Å². The fourth-order valence-electron chi connectivity index (χ4n) is 3.57. The van der Waals surface area contributed by atoms with Crippen LogP contribution in [-0.4, -0.2) is 28.7 Å². The summed E-state index contributed by atoms with van der Waals surface area (Å²) in [5.74, 6) is 0.202. The van der Waals surface area contributed by atoms with Crippen molar-refractivity contribution in [3.8, 4) is 5.75 Å². The number of esters is 1. The van der Waals surface area contributed by atoms with Gasteiger partial charge in [-0.1, -0.05) is 29.5 Å². The van der Waals surface area contributed by atoms with E-state index in [4.69, 9.17) is 9.47 Å². The maximum atomic E-state index is 13.5. The molecule has 8 heteroatoms. The minimum atomic E-state index is -0.653. The molecular weight excluding hydrogens is 426 g/mol. The molecular formula is C24H23N3O4S. The van der Waals surface area contributed by atoms with Crippen molar-refractivity contribution in [3.05, 3.63) is 90.9 Å². The van der Waals surface area contributed by atoms with Gasteiger partial charge in [0.25, 0.3) is 5.56 Å². The Morgan fingerprint density at radius 2 is 1.97 bits per heavy atom. The Bertz CT molecular complexity index is 1350. The molecule has 0 fully saturated rings. The number of hydrogen-bond acceptors (Lipinski definition) is 7. The number of ether oxygens (including phenoxy) is 2. The third-order valence-electron chi connectivity index (χ3n) is 5.00. The van der Waals surface area contributed by atoms with E-state index < -0.39 is 12.0 Å². The van der Waals surface area contributed by atoms with Crippen LogP contribution in [0.25, 0.3) is 6.08 Å². The Morgan fingerprint density at radius 1 is 1.22 bits per heavy atom. The number of allylic oxidation sites excluding steroid dienone is 1. The van der Waals surface area contributed by atoms with Crippen LogP contribution in [0.15, 0.2) is 69.8 Å². The molecule has 0 saturated heterocycles. The molecule has 1 atom stereocenters. The van der Waals surface area contributed by atoms with Gasteiger partial charge >= 0.3 is 5.97 Å². The van der Waals surface area contributed by atoms with E-state index in [9.17, 15) is 9.59 Å². The molecule has 0 radical (unpaired) electrons. The highest BCUT2D eigenvalue weighted by Gasteiger charge is 2.33. The van der Waals surface area contributed by atoms with Crippen LogP contribution < -0.4 is 19.6 Å². The van der Waals surface area contributed by atoms with E-state index in [1.54, 1.807) is 50.9 Å². The number of nitrogens with zero attached hydrogens (tertiary/aromatic N) is 3. The Hall–Kier alpha value is -3.52. The van der Waals surface area contributed by atoms with Gasteiger partial charge in [-0.15, -0.1) is 0 Å². The second-order valence-corrected chi connectivity index (χ2v) is 8.60. The van der Waals surface area contributed by atoms with Crippen LogP contribution in [0.5, 0.6) is 5.75 Å². The molecule has 0 amide bonds. The molecule has 3 aromatic rings. The summed E-state index contributed by atoms with van der Waals surface area (Å²) in [4.78, 5) is 35.8. The molecule has 1 unspecified atom stereocenters. The first kappa shape index (κ1) is 21.7. The normalized spacial score (nSPS) is 16.0. The number of carbonyl (C=O) groups excluding carboxylic acids is 1. The molecule has 0 saturated carbocycles. The summed E-state index contributed by atoms with van der Waals surface area (Å²) in [6.45, 7) is 5.35. The predicted octanol–water partition coefficient (Wildman–Crippen LogP) is 2.59. The minimum Gasteiger partial charge on any atom is -0.497 e. The number of benzene rings is 1. The molecule has 3 heterocycles. The van der Waals surface area contributed by atoms with E-state index in [2.05, 4.69) is 9.98 Å². The van der Waals surface area contributed by atoms with Crippen LogP contribution in [-0.2, 0) is 9.53 Å². The van der Waals surface area contributed by atoms with Gasteiger partial charge in [-0.2, -0.15) is 0 Å². The fraction of sp³-hybridized carbons (Fsp3) is 0.250. The number of rotatable bonds is 5. The number of carbonyl (C=O) groups is 1. The SMILES string of the molecule is COc1ccc(C2C(C(=O)OC(C)C)=C(C)N=c3s/c(=C/c4cccnc4)c(=O)n32)cc1. The third kappa shape index (κ3) is 4.13. The van der Waals surface area contributed by atoms with Crippen molar-refractivity contribution in [1.29, 1.82) is 0 Å². The van der Waals surface area contributed by atoms with E-state index in [1.165, 1.54) is 11.3 Å². The number of hydrogen-bond donors (Lipinski definition) is 0. The largest absolute Gasteiger partial charge is 0.497 e. The molecule has 1 aromatic carbocycles. The van der Waals surface area contributed by atoms with Crippen molar-refractivity contribution >= 4 is 23.4 Å². The highest BCUT2D eigenvalue weighted by atomic mass is 32.1. The molecule has 0 spiro atoms. The number of pyridine rings is 1. The Balaban J connectivity index is 1.94. The van der Waals surface area contributed by atoms with Crippen LogP contribution in [0.2, 0.25) is 0 Å². The molecule has 0 N–H and O–H groups in total. The van der Waals surface area contributed by atoms with E-state index in [0.29, 0.717) is 26.4 Å². The van der Waals surface area contributed by atoms with E-state index in [0.717, 1.165) is 11.1 Å². The summed E-state index contributed by atoms with van der Waals surface area (Å²) < 4.78 is 12.9. The van der Waals surface area contributed by atoms with Gasteiger partial charge in [-0.25, -0.2) is 9.79 Å². The monoisotopic (exact) mass is 449 g/mol. The first-order valence-corrected chi connectivity index (χ1v) is 11.0. The van der Waals surface area contributed by atoms with E-state index in [1.807, 2.05) is 36.4 Å². The van der Waals surface area contributed by atoms with Crippen LogP contribution >= 0.6 is 11.3 Å². The molecule has 32 heavy (non-hydrogen) atoms. The van der Waals surface area contributed by atoms with Crippen LogP contribution in [0.3, 0.4) is 0 Å². The van der Waals surface area contributed by atoms with Crippen molar-refractivity contribution < 1.29 is 14.3 Å². The zero-order valence-electron chi connectivity index (χ0n) is 18.2. The highest BCUT2D eigenvalue weighted by Crippen LogP contribution is 2.31. The standard InChI is InChI=1S/C24H23N3O4S/c1-14(2)31-23(29)20-15(3)26-24-27(21(20)17-7-9-18(30-4)10-8-17)22(28)19(32-24)12-16-6-5-11-25-13-16/h5-14,21H,1-4H3/b19-12+. The van der Waals surface area contributed by atoms with Crippen LogP contribution in [0.4, 0.5) is 0 Å². The fourth-order valence-corrected chi connectivity index (χ4v) is 4.62. The third-order valence-corrected chi connectivity index (χ3v) is 5.98. The van der Waals surface area contributed by atoms with Gasteiger partial charge in [-0.05, 0) is 56.2 Å². The van der Waals surface area contributed by atoms with Crippen molar-refractivity contribution in [2.24, 2.45) is 4.99 Å². The van der Waals surface area contributed by atoms with E-state index in [-0.39, 0.29) is 11.7 Å². The van der Waals surface area contributed by atoms with Gasteiger partial charge in [0.2, 0.25) is 0 Å². The van der Waals surface area contributed by atoms with Gasteiger partial charge < -0.3 is 9.47 Å². The molecule has 2 aromatic heterocycles. The zero-order chi connectivity index (χ0) is 22.8. The summed E-state index contributed by atoms with van der Waals surface area (Å²) in [5, 5.41) is 0. The minimum absolute atomic E-state index is 0.222. The summed E-state index contributed by atoms with van der Waals surface area (Å²) in [6, 6.07) is 10.4. The number of thiazole rings is 1. The average molecular weight is 450 g/mol. The number of aromatic nitrogens is 2. The Morgan fingerprint density at radius 3 is 2.59 bits per heavy atom. The topological polar surface area (TPSA) is 82.8 Å². The first-order chi connectivity index (χ1) is 15.4. The first-order valence-electron chi connectivity index (χ1n) is 10.2. The second-order valence-electron chi connectivity index (χ2n) is 7.60. The van der Waals surface area contributed by atoms with Gasteiger partial charge in [0, 0.05) is 12.4 Å². The smallest absolute Gasteiger partial charge is 0.338 e. The lowest BCUT2D eigenvalue weighted by Crippen LogP contribution is -2.40. The highest BCUT2D eigenvalue weighted by molar-refractivity contribution is 7.07. The molecule has 4 rings (SSSR count). The summed E-state index contributed by atoms with van der Waals surface area (Å²) in [5.41, 5.74) is 2.24. The second kappa shape index (κ2) is 8.92. The van der Waals surface area contributed by atoms with Crippen molar-refractivity contribution in [1.82, 2.24) is 9.55 Å². The van der Waals surface area contributed by atoms with Crippen LogP contribution in [0.1, 0.15) is 37.9 Å².